The standard InChI is InChI=1S/C17H14FNO3/c18-13-2-1-3-14(11-13)19-17(20)7-5-12-4-6-15-16(10-12)22-9-8-21-15/h1-7,10-11H,8-9H2,(H,19,20)/b7-5+. The summed E-state index contributed by atoms with van der Waals surface area (Å²) in [6, 6.07) is 11.2. The average molecular weight is 299 g/mol. The Labute approximate surface area is 127 Å². The van der Waals surface area contributed by atoms with Crippen molar-refractivity contribution in [3.63, 3.8) is 0 Å². The summed E-state index contributed by atoms with van der Waals surface area (Å²) in [5.41, 5.74) is 1.23. The van der Waals surface area contributed by atoms with Gasteiger partial charge in [-0.05, 0) is 42.0 Å². The number of anilines is 1. The number of carbonyl (C=O) groups excluding carboxylic acids is 1. The molecule has 1 N–H and O–H groups in total. The molecule has 5 heteroatoms. The molecule has 0 bridgehead atoms. The van der Waals surface area contributed by atoms with E-state index >= 15 is 0 Å². The van der Waals surface area contributed by atoms with Crippen LogP contribution in [0.15, 0.2) is 48.5 Å². The minimum atomic E-state index is -0.395. The third kappa shape index (κ3) is 3.44. The predicted molar refractivity (Wildman–Crippen MR) is 81.5 cm³/mol. The summed E-state index contributed by atoms with van der Waals surface area (Å²) >= 11 is 0. The summed E-state index contributed by atoms with van der Waals surface area (Å²) in [5.74, 6) is 0.639. The van der Waals surface area contributed by atoms with Crippen molar-refractivity contribution in [3.05, 3.63) is 59.9 Å². The van der Waals surface area contributed by atoms with Gasteiger partial charge in [-0.2, -0.15) is 0 Å². The topological polar surface area (TPSA) is 47.6 Å². The van der Waals surface area contributed by atoms with Crippen LogP contribution in [-0.4, -0.2) is 19.1 Å². The Bertz CT molecular complexity index is 728. The van der Waals surface area contributed by atoms with Crippen molar-refractivity contribution in [2.45, 2.75) is 0 Å². The van der Waals surface area contributed by atoms with Gasteiger partial charge in [0.25, 0.3) is 0 Å². The Hall–Kier alpha value is -2.82. The average Bonchev–Trinajstić information content (AvgIpc) is 2.53. The van der Waals surface area contributed by atoms with E-state index in [1.807, 2.05) is 6.07 Å². The van der Waals surface area contributed by atoms with Crippen LogP contribution in [0.5, 0.6) is 11.5 Å². The first-order valence-electron chi connectivity index (χ1n) is 6.85. The van der Waals surface area contributed by atoms with Gasteiger partial charge in [0.05, 0.1) is 0 Å². The maximum absolute atomic E-state index is 13.0. The van der Waals surface area contributed by atoms with Gasteiger partial charge >= 0.3 is 0 Å². The molecule has 2 aromatic carbocycles. The number of benzene rings is 2. The fourth-order valence-corrected chi connectivity index (χ4v) is 2.09. The number of hydrogen-bond donors (Lipinski definition) is 1. The molecular weight excluding hydrogens is 285 g/mol. The second-order valence-electron chi connectivity index (χ2n) is 4.74. The fraction of sp³-hybridized carbons (Fsp3) is 0.118. The van der Waals surface area contributed by atoms with Crippen molar-refractivity contribution in [3.8, 4) is 11.5 Å². The molecule has 0 saturated carbocycles. The SMILES string of the molecule is O=C(/C=C/c1ccc2c(c1)OCCO2)Nc1cccc(F)c1. The van der Waals surface area contributed by atoms with Crippen LogP contribution >= 0.6 is 0 Å². The lowest BCUT2D eigenvalue weighted by Crippen LogP contribution is -2.15. The molecule has 0 fully saturated rings. The molecule has 0 radical (unpaired) electrons. The van der Waals surface area contributed by atoms with Gasteiger partial charge in [-0.1, -0.05) is 12.1 Å². The number of ether oxygens (including phenoxy) is 2. The molecule has 0 aliphatic carbocycles. The van der Waals surface area contributed by atoms with Crippen molar-refractivity contribution < 1.29 is 18.7 Å². The molecule has 0 unspecified atom stereocenters. The smallest absolute Gasteiger partial charge is 0.248 e. The second kappa shape index (κ2) is 6.30. The van der Waals surface area contributed by atoms with Crippen molar-refractivity contribution in [1.29, 1.82) is 0 Å². The van der Waals surface area contributed by atoms with E-state index in [-0.39, 0.29) is 5.91 Å². The summed E-state index contributed by atoms with van der Waals surface area (Å²) in [7, 11) is 0. The molecule has 1 amide bonds. The zero-order chi connectivity index (χ0) is 15.4. The number of nitrogens with one attached hydrogen (secondary N) is 1. The molecule has 0 saturated heterocycles. The Morgan fingerprint density at radius 1 is 1.09 bits per heavy atom. The van der Waals surface area contributed by atoms with Crippen LogP contribution in [0.25, 0.3) is 6.08 Å². The molecule has 22 heavy (non-hydrogen) atoms. The Balaban J connectivity index is 1.67. The largest absolute Gasteiger partial charge is 0.486 e. The highest BCUT2D eigenvalue weighted by atomic mass is 19.1. The monoisotopic (exact) mass is 299 g/mol. The van der Waals surface area contributed by atoms with Crippen LogP contribution in [0.2, 0.25) is 0 Å². The Morgan fingerprint density at radius 3 is 2.73 bits per heavy atom. The molecule has 3 rings (SSSR count). The summed E-state index contributed by atoms with van der Waals surface area (Å²) in [5, 5.41) is 2.59. The summed E-state index contributed by atoms with van der Waals surface area (Å²) in [6.45, 7) is 1.05. The molecule has 1 aliphatic rings. The number of fused-ring (bicyclic) bond motifs is 1. The first-order chi connectivity index (χ1) is 10.7. The van der Waals surface area contributed by atoms with Crippen molar-refractivity contribution in [1.82, 2.24) is 0 Å². The van der Waals surface area contributed by atoms with E-state index in [0.29, 0.717) is 30.4 Å². The van der Waals surface area contributed by atoms with Gasteiger partial charge in [-0.25, -0.2) is 4.39 Å². The lowest BCUT2D eigenvalue weighted by Gasteiger charge is -2.18. The summed E-state index contributed by atoms with van der Waals surface area (Å²) in [6.07, 6.45) is 3.04. The van der Waals surface area contributed by atoms with Crippen LogP contribution in [0.3, 0.4) is 0 Å². The minimum Gasteiger partial charge on any atom is -0.486 e. The minimum absolute atomic E-state index is 0.333. The van der Waals surface area contributed by atoms with E-state index < -0.39 is 5.82 Å². The van der Waals surface area contributed by atoms with Gasteiger partial charge in [0.15, 0.2) is 11.5 Å². The van der Waals surface area contributed by atoms with Gasteiger partial charge in [0.1, 0.15) is 19.0 Å². The van der Waals surface area contributed by atoms with E-state index in [1.54, 1.807) is 24.3 Å². The zero-order valence-corrected chi connectivity index (χ0v) is 11.7. The van der Waals surface area contributed by atoms with Crippen LogP contribution in [-0.2, 0) is 4.79 Å². The van der Waals surface area contributed by atoms with Gasteiger partial charge in [0.2, 0.25) is 5.91 Å². The van der Waals surface area contributed by atoms with Crippen LogP contribution < -0.4 is 14.8 Å². The zero-order valence-electron chi connectivity index (χ0n) is 11.7. The van der Waals surface area contributed by atoms with E-state index in [1.165, 1.54) is 24.3 Å². The molecular formula is C17H14FNO3. The van der Waals surface area contributed by atoms with Crippen LogP contribution in [0.1, 0.15) is 5.56 Å². The Kier molecular flexibility index (Phi) is 4.05. The van der Waals surface area contributed by atoms with Gasteiger partial charge in [-0.15, -0.1) is 0 Å². The molecule has 112 valence electrons. The maximum Gasteiger partial charge on any atom is 0.248 e. The molecule has 0 spiro atoms. The summed E-state index contributed by atoms with van der Waals surface area (Å²) in [4.78, 5) is 11.8. The van der Waals surface area contributed by atoms with Gasteiger partial charge in [0, 0.05) is 11.8 Å². The molecule has 2 aromatic rings. The number of rotatable bonds is 3. The van der Waals surface area contributed by atoms with Crippen molar-refractivity contribution in [2.75, 3.05) is 18.5 Å². The highest BCUT2D eigenvalue weighted by Gasteiger charge is 2.10. The van der Waals surface area contributed by atoms with Crippen molar-refractivity contribution in [2.24, 2.45) is 0 Å². The lowest BCUT2D eigenvalue weighted by atomic mass is 10.2. The number of halogens is 1. The predicted octanol–water partition coefficient (Wildman–Crippen LogP) is 3.25. The number of amides is 1. The Morgan fingerprint density at radius 2 is 1.91 bits per heavy atom. The van der Waals surface area contributed by atoms with Gasteiger partial charge < -0.3 is 14.8 Å². The van der Waals surface area contributed by atoms with Crippen LogP contribution in [0, 0.1) is 5.82 Å². The number of hydrogen-bond acceptors (Lipinski definition) is 3. The number of carbonyl (C=O) groups is 1. The first kappa shape index (κ1) is 14.1. The second-order valence-corrected chi connectivity index (χ2v) is 4.74. The molecule has 4 nitrogen and oxygen atoms in total. The molecule has 1 heterocycles. The third-order valence-corrected chi connectivity index (χ3v) is 3.09. The van der Waals surface area contributed by atoms with E-state index in [0.717, 1.165) is 5.56 Å². The highest BCUT2D eigenvalue weighted by molar-refractivity contribution is 6.01. The maximum atomic E-state index is 13.0. The third-order valence-electron chi connectivity index (χ3n) is 3.09. The normalized spacial score (nSPS) is 13.1. The van der Waals surface area contributed by atoms with E-state index in [9.17, 15) is 9.18 Å². The van der Waals surface area contributed by atoms with E-state index in [4.69, 9.17) is 9.47 Å². The molecule has 0 atom stereocenters. The fourth-order valence-electron chi connectivity index (χ4n) is 2.09. The van der Waals surface area contributed by atoms with Gasteiger partial charge in [-0.3, -0.25) is 4.79 Å². The summed E-state index contributed by atoms with van der Waals surface area (Å²) < 4.78 is 23.9. The molecule has 1 aliphatic heterocycles. The highest BCUT2D eigenvalue weighted by Crippen LogP contribution is 2.31. The van der Waals surface area contributed by atoms with E-state index in [2.05, 4.69) is 5.32 Å². The first-order valence-corrected chi connectivity index (χ1v) is 6.85. The molecule has 0 aromatic heterocycles. The quantitative estimate of drug-likeness (QED) is 0.885. The van der Waals surface area contributed by atoms with Crippen molar-refractivity contribution >= 4 is 17.7 Å². The lowest BCUT2D eigenvalue weighted by molar-refractivity contribution is -0.111. The van der Waals surface area contributed by atoms with Crippen LogP contribution in [0.4, 0.5) is 10.1 Å².